The van der Waals surface area contributed by atoms with Crippen LogP contribution >= 0.6 is 0 Å². The molecule has 2 aromatic carbocycles. The van der Waals surface area contributed by atoms with Crippen molar-refractivity contribution in [3.05, 3.63) is 99.5 Å². The third-order valence-electron chi connectivity index (χ3n) is 5.17. The standard InChI is InChI=1S/C27H31N3O3/c1-5-17-33-23-14-10-20(11-15-23)18-28-29-25(31)24-7-6-16-30(26(24)32)19-21-8-12-22(13-9-21)27(2,3)4/h6-16,18H,5,17,19H2,1-4H3,(H,29,31)/b28-18-. The summed E-state index contributed by atoms with van der Waals surface area (Å²) in [7, 11) is 0. The maximum absolute atomic E-state index is 12.8. The summed E-state index contributed by atoms with van der Waals surface area (Å²) in [5, 5.41) is 3.98. The molecule has 0 aliphatic heterocycles. The summed E-state index contributed by atoms with van der Waals surface area (Å²) in [6, 6.07) is 18.8. The number of carbonyl (C=O) groups excluding carboxylic acids is 1. The minimum Gasteiger partial charge on any atom is -0.494 e. The van der Waals surface area contributed by atoms with Crippen LogP contribution in [0.2, 0.25) is 0 Å². The normalized spacial score (nSPS) is 11.5. The molecule has 172 valence electrons. The van der Waals surface area contributed by atoms with Crippen LogP contribution in [0.1, 0.15) is 61.2 Å². The van der Waals surface area contributed by atoms with Crippen molar-refractivity contribution < 1.29 is 9.53 Å². The van der Waals surface area contributed by atoms with Crippen LogP contribution in [0.25, 0.3) is 0 Å². The lowest BCUT2D eigenvalue weighted by atomic mass is 9.87. The number of aromatic nitrogens is 1. The second kappa shape index (κ2) is 10.8. The smallest absolute Gasteiger partial charge is 0.276 e. The first-order valence-corrected chi connectivity index (χ1v) is 11.1. The molecule has 0 saturated heterocycles. The predicted octanol–water partition coefficient (Wildman–Crippen LogP) is 4.75. The van der Waals surface area contributed by atoms with Gasteiger partial charge in [0.05, 0.1) is 19.4 Å². The van der Waals surface area contributed by atoms with Crippen LogP contribution < -0.4 is 15.7 Å². The molecule has 0 radical (unpaired) electrons. The fourth-order valence-corrected chi connectivity index (χ4v) is 3.24. The Balaban J connectivity index is 1.65. The summed E-state index contributed by atoms with van der Waals surface area (Å²) in [6.07, 6.45) is 4.15. The Morgan fingerprint density at radius 1 is 1.06 bits per heavy atom. The van der Waals surface area contributed by atoms with Gasteiger partial charge in [0.2, 0.25) is 0 Å². The van der Waals surface area contributed by atoms with Gasteiger partial charge >= 0.3 is 0 Å². The number of amides is 1. The maximum atomic E-state index is 12.8. The zero-order chi connectivity index (χ0) is 23.8. The number of rotatable bonds is 8. The fourth-order valence-electron chi connectivity index (χ4n) is 3.24. The van der Waals surface area contributed by atoms with E-state index >= 15 is 0 Å². The average Bonchev–Trinajstić information content (AvgIpc) is 2.79. The highest BCUT2D eigenvalue weighted by atomic mass is 16.5. The molecule has 33 heavy (non-hydrogen) atoms. The van der Waals surface area contributed by atoms with E-state index in [1.165, 1.54) is 22.4 Å². The minimum atomic E-state index is -0.545. The number of carbonyl (C=O) groups is 1. The van der Waals surface area contributed by atoms with E-state index in [1.54, 1.807) is 12.3 Å². The summed E-state index contributed by atoms with van der Waals surface area (Å²) >= 11 is 0. The van der Waals surface area contributed by atoms with Gasteiger partial charge in [-0.05, 0) is 64.9 Å². The first kappa shape index (κ1) is 24.0. The molecule has 0 aliphatic rings. The van der Waals surface area contributed by atoms with Crippen molar-refractivity contribution in [3.63, 3.8) is 0 Å². The largest absolute Gasteiger partial charge is 0.494 e. The van der Waals surface area contributed by atoms with E-state index in [2.05, 4.69) is 50.4 Å². The molecule has 0 saturated carbocycles. The Morgan fingerprint density at radius 3 is 2.39 bits per heavy atom. The molecular formula is C27H31N3O3. The van der Waals surface area contributed by atoms with Crippen LogP contribution in [0.15, 0.2) is 76.8 Å². The zero-order valence-corrected chi connectivity index (χ0v) is 19.7. The van der Waals surface area contributed by atoms with Gasteiger partial charge in [0.15, 0.2) is 0 Å². The molecule has 0 bridgehead atoms. The Hall–Kier alpha value is -3.67. The average molecular weight is 446 g/mol. The monoisotopic (exact) mass is 445 g/mol. The van der Waals surface area contributed by atoms with Crippen molar-refractivity contribution in [2.24, 2.45) is 5.10 Å². The molecule has 1 N–H and O–H groups in total. The van der Waals surface area contributed by atoms with Crippen LogP contribution in [0.4, 0.5) is 0 Å². The van der Waals surface area contributed by atoms with Crippen molar-refractivity contribution in [2.45, 2.75) is 46.1 Å². The highest BCUT2D eigenvalue weighted by Gasteiger charge is 2.14. The van der Waals surface area contributed by atoms with Crippen molar-refractivity contribution in [1.82, 2.24) is 9.99 Å². The molecule has 0 unspecified atom stereocenters. The van der Waals surface area contributed by atoms with E-state index in [9.17, 15) is 9.59 Å². The number of ether oxygens (including phenoxy) is 1. The highest BCUT2D eigenvalue weighted by Crippen LogP contribution is 2.22. The molecule has 3 aromatic rings. The minimum absolute atomic E-state index is 0.0456. The van der Waals surface area contributed by atoms with Gasteiger partial charge in [0.1, 0.15) is 11.3 Å². The van der Waals surface area contributed by atoms with Gasteiger partial charge in [0, 0.05) is 6.20 Å². The van der Waals surface area contributed by atoms with Gasteiger partial charge in [-0.1, -0.05) is 52.0 Å². The van der Waals surface area contributed by atoms with E-state index in [-0.39, 0.29) is 16.5 Å². The lowest BCUT2D eigenvalue weighted by Crippen LogP contribution is -2.30. The zero-order valence-electron chi connectivity index (χ0n) is 19.7. The van der Waals surface area contributed by atoms with Gasteiger partial charge in [-0.15, -0.1) is 0 Å². The van der Waals surface area contributed by atoms with E-state index in [0.717, 1.165) is 23.3 Å². The number of nitrogens with zero attached hydrogens (tertiary/aromatic N) is 2. The molecule has 0 atom stereocenters. The van der Waals surface area contributed by atoms with Crippen molar-refractivity contribution in [2.75, 3.05) is 6.61 Å². The molecule has 1 heterocycles. The van der Waals surface area contributed by atoms with Crippen LogP contribution in [-0.2, 0) is 12.0 Å². The third-order valence-corrected chi connectivity index (χ3v) is 5.17. The summed E-state index contributed by atoms with van der Waals surface area (Å²) in [6.45, 7) is 9.59. The number of benzene rings is 2. The summed E-state index contributed by atoms with van der Waals surface area (Å²) < 4.78 is 7.07. The number of pyridine rings is 1. The van der Waals surface area contributed by atoms with Crippen LogP contribution in [0.5, 0.6) is 5.75 Å². The lowest BCUT2D eigenvalue weighted by Gasteiger charge is -2.19. The number of hydrogen-bond donors (Lipinski definition) is 1. The lowest BCUT2D eigenvalue weighted by molar-refractivity contribution is 0.0953. The predicted molar refractivity (Wildman–Crippen MR) is 132 cm³/mol. The molecule has 0 spiro atoms. The molecule has 0 fully saturated rings. The second-order valence-electron chi connectivity index (χ2n) is 8.92. The topological polar surface area (TPSA) is 72.7 Å². The van der Waals surface area contributed by atoms with Crippen molar-refractivity contribution in [1.29, 1.82) is 0 Å². The van der Waals surface area contributed by atoms with Crippen molar-refractivity contribution >= 4 is 12.1 Å². The molecule has 1 amide bonds. The Labute approximate surface area is 194 Å². The molecule has 0 aliphatic carbocycles. The first-order valence-electron chi connectivity index (χ1n) is 11.1. The summed E-state index contributed by atoms with van der Waals surface area (Å²) in [5.41, 5.74) is 5.22. The molecular weight excluding hydrogens is 414 g/mol. The Morgan fingerprint density at radius 2 is 1.76 bits per heavy atom. The van der Waals surface area contributed by atoms with Crippen LogP contribution in [0, 0.1) is 0 Å². The van der Waals surface area contributed by atoms with Crippen LogP contribution in [-0.4, -0.2) is 23.3 Å². The SMILES string of the molecule is CCCOc1ccc(/C=N\NC(=O)c2cccn(Cc3ccc(C(C)(C)C)cc3)c2=O)cc1. The third kappa shape index (κ3) is 6.65. The van der Waals surface area contributed by atoms with E-state index in [0.29, 0.717) is 13.2 Å². The van der Waals surface area contributed by atoms with Gasteiger partial charge in [0.25, 0.3) is 11.5 Å². The second-order valence-corrected chi connectivity index (χ2v) is 8.92. The van der Waals surface area contributed by atoms with E-state index in [4.69, 9.17) is 4.74 Å². The van der Waals surface area contributed by atoms with Gasteiger partial charge < -0.3 is 9.30 Å². The number of hydrogen-bond acceptors (Lipinski definition) is 4. The Bertz CT molecular complexity index is 1150. The maximum Gasteiger partial charge on any atom is 0.276 e. The molecule has 6 heteroatoms. The van der Waals surface area contributed by atoms with E-state index in [1.807, 2.05) is 36.4 Å². The van der Waals surface area contributed by atoms with Gasteiger partial charge in [-0.25, -0.2) is 5.43 Å². The number of hydrazone groups is 1. The molecule has 1 aromatic heterocycles. The van der Waals surface area contributed by atoms with Gasteiger partial charge in [-0.3, -0.25) is 9.59 Å². The van der Waals surface area contributed by atoms with Crippen LogP contribution in [0.3, 0.4) is 0 Å². The van der Waals surface area contributed by atoms with Gasteiger partial charge in [-0.2, -0.15) is 5.10 Å². The highest BCUT2D eigenvalue weighted by molar-refractivity contribution is 5.94. The quantitative estimate of drug-likeness (QED) is 0.402. The van der Waals surface area contributed by atoms with E-state index < -0.39 is 5.91 Å². The molecule has 6 nitrogen and oxygen atoms in total. The Kier molecular flexibility index (Phi) is 7.83. The summed E-state index contributed by atoms with van der Waals surface area (Å²) in [4.78, 5) is 25.4. The molecule has 3 rings (SSSR count). The fraction of sp³-hybridized carbons (Fsp3) is 0.296. The first-order chi connectivity index (χ1) is 15.8. The summed E-state index contributed by atoms with van der Waals surface area (Å²) in [5.74, 6) is 0.243. The van der Waals surface area contributed by atoms with Crippen molar-refractivity contribution in [3.8, 4) is 5.75 Å². The number of nitrogens with one attached hydrogen (secondary N) is 1.